The van der Waals surface area contributed by atoms with Crippen LogP contribution in [0.25, 0.3) is 10.4 Å². The first-order valence-electron chi connectivity index (χ1n) is 5.19. The van der Waals surface area contributed by atoms with Crippen LogP contribution in [0.4, 0.5) is 0 Å². The van der Waals surface area contributed by atoms with Gasteiger partial charge in [-0.15, -0.1) is 0 Å². The average Bonchev–Trinajstić information content (AvgIpc) is 2.73. The van der Waals surface area contributed by atoms with Crippen LogP contribution in [0.15, 0.2) is 5.11 Å². The van der Waals surface area contributed by atoms with E-state index in [1.54, 1.807) is 13.8 Å². The van der Waals surface area contributed by atoms with Gasteiger partial charge >= 0.3 is 5.97 Å². The van der Waals surface area contributed by atoms with Gasteiger partial charge in [-0.1, -0.05) is 5.11 Å². The molecule has 2 aliphatic rings. The molecule has 0 bridgehead atoms. The van der Waals surface area contributed by atoms with E-state index in [1.165, 1.54) is 0 Å². The van der Waals surface area contributed by atoms with Gasteiger partial charge in [0.25, 0.3) is 0 Å². The summed E-state index contributed by atoms with van der Waals surface area (Å²) in [7, 11) is 0. The number of aliphatic hydroxyl groups excluding tert-OH is 1. The van der Waals surface area contributed by atoms with Crippen molar-refractivity contribution in [3.05, 3.63) is 10.4 Å². The van der Waals surface area contributed by atoms with Crippen LogP contribution in [-0.2, 0) is 19.0 Å². The van der Waals surface area contributed by atoms with Gasteiger partial charge in [-0.05, 0) is 19.4 Å². The summed E-state index contributed by atoms with van der Waals surface area (Å²) in [5.74, 6) is -1.58. The van der Waals surface area contributed by atoms with E-state index in [1.807, 2.05) is 0 Å². The molecule has 0 aromatic rings. The number of hydrogen-bond donors (Lipinski definition) is 1. The second kappa shape index (κ2) is 4.15. The Morgan fingerprint density at radius 3 is 2.82 bits per heavy atom. The molecule has 2 heterocycles. The summed E-state index contributed by atoms with van der Waals surface area (Å²) in [5, 5.41) is 12.9. The number of rotatable bonds is 2. The Bertz CT molecular complexity index is 379. The molecule has 94 valence electrons. The number of azide groups is 1. The van der Waals surface area contributed by atoms with E-state index in [2.05, 4.69) is 10.0 Å². The molecule has 0 spiro atoms. The molecule has 2 rings (SSSR count). The van der Waals surface area contributed by atoms with Crippen molar-refractivity contribution in [2.75, 3.05) is 6.61 Å². The average molecular weight is 243 g/mol. The minimum Gasteiger partial charge on any atom is -0.457 e. The first kappa shape index (κ1) is 12.1. The molecule has 2 aliphatic heterocycles. The van der Waals surface area contributed by atoms with Gasteiger partial charge in [0.15, 0.2) is 11.9 Å². The molecule has 0 radical (unpaired) electrons. The Morgan fingerprint density at radius 1 is 1.59 bits per heavy atom. The van der Waals surface area contributed by atoms with Gasteiger partial charge in [0.2, 0.25) is 0 Å². The maximum absolute atomic E-state index is 11.2. The summed E-state index contributed by atoms with van der Waals surface area (Å²) in [6.07, 6.45) is -2.79. The maximum atomic E-state index is 11.2. The van der Waals surface area contributed by atoms with Crippen molar-refractivity contribution in [2.24, 2.45) is 5.11 Å². The fraction of sp³-hybridized carbons (Fsp3) is 0.889. The van der Waals surface area contributed by atoms with Gasteiger partial charge in [0.1, 0.15) is 18.2 Å². The molecule has 0 saturated carbocycles. The number of esters is 1. The Balaban J connectivity index is 2.15. The van der Waals surface area contributed by atoms with Crippen molar-refractivity contribution >= 4 is 5.97 Å². The summed E-state index contributed by atoms with van der Waals surface area (Å²) in [5.41, 5.74) is 8.40. The van der Waals surface area contributed by atoms with E-state index in [-0.39, 0.29) is 6.61 Å². The molecule has 2 fully saturated rings. The zero-order valence-corrected chi connectivity index (χ0v) is 9.44. The summed E-state index contributed by atoms with van der Waals surface area (Å²) < 4.78 is 15.8. The van der Waals surface area contributed by atoms with E-state index in [9.17, 15) is 9.90 Å². The largest absolute Gasteiger partial charge is 0.457 e. The molecule has 1 unspecified atom stereocenters. The lowest BCUT2D eigenvalue weighted by atomic mass is 10.0. The fourth-order valence-electron chi connectivity index (χ4n) is 1.95. The molecule has 1 N–H and O–H groups in total. The third-order valence-electron chi connectivity index (χ3n) is 2.74. The molecule has 0 aromatic carbocycles. The highest BCUT2D eigenvalue weighted by atomic mass is 16.8. The Morgan fingerprint density at radius 2 is 2.29 bits per heavy atom. The summed E-state index contributed by atoms with van der Waals surface area (Å²) in [4.78, 5) is 13.8. The number of cyclic esters (lactones) is 1. The zero-order chi connectivity index (χ0) is 12.6. The van der Waals surface area contributed by atoms with Crippen molar-refractivity contribution in [1.29, 1.82) is 0 Å². The standard InChI is InChI=1S/C9H13N3O5/c1-9(2)15-3-4(17-9)7-5(11-12-10)6(13)8(14)16-7/h4-7,13H,3H2,1-2H3/t4?,5-,6+,7+/m0/s1. The van der Waals surface area contributed by atoms with Gasteiger partial charge in [0.05, 0.1) is 6.61 Å². The molecule has 2 saturated heterocycles. The molecule has 0 aliphatic carbocycles. The number of carbonyl (C=O) groups excluding carboxylic acids is 1. The number of hydrogen-bond acceptors (Lipinski definition) is 6. The maximum Gasteiger partial charge on any atom is 0.335 e. The zero-order valence-electron chi connectivity index (χ0n) is 9.44. The summed E-state index contributed by atoms with van der Waals surface area (Å²) >= 11 is 0. The molecule has 0 aromatic heterocycles. The molecule has 17 heavy (non-hydrogen) atoms. The molecular weight excluding hydrogens is 230 g/mol. The van der Waals surface area contributed by atoms with Crippen LogP contribution in [0.5, 0.6) is 0 Å². The summed E-state index contributed by atoms with van der Waals surface area (Å²) in [6, 6.07) is -0.977. The topological polar surface area (TPSA) is 114 Å². The van der Waals surface area contributed by atoms with Crippen LogP contribution < -0.4 is 0 Å². The lowest BCUT2D eigenvalue weighted by molar-refractivity contribution is -0.163. The predicted molar refractivity (Wildman–Crippen MR) is 53.7 cm³/mol. The van der Waals surface area contributed by atoms with Gasteiger partial charge in [-0.2, -0.15) is 0 Å². The lowest BCUT2D eigenvalue weighted by Gasteiger charge is -2.22. The van der Waals surface area contributed by atoms with Crippen molar-refractivity contribution < 1.29 is 24.1 Å². The van der Waals surface area contributed by atoms with Crippen molar-refractivity contribution in [3.8, 4) is 0 Å². The van der Waals surface area contributed by atoms with Crippen LogP contribution >= 0.6 is 0 Å². The van der Waals surface area contributed by atoms with E-state index in [0.717, 1.165) is 0 Å². The van der Waals surface area contributed by atoms with Gasteiger partial charge in [-0.3, -0.25) is 0 Å². The number of ether oxygens (including phenoxy) is 3. The van der Waals surface area contributed by atoms with E-state index >= 15 is 0 Å². The molecule has 8 nitrogen and oxygen atoms in total. The van der Waals surface area contributed by atoms with Crippen molar-refractivity contribution in [2.45, 2.75) is 44.0 Å². The van der Waals surface area contributed by atoms with E-state index in [4.69, 9.17) is 19.7 Å². The smallest absolute Gasteiger partial charge is 0.335 e. The number of nitrogens with zero attached hydrogens (tertiary/aromatic N) is 3. The Hall–Kier alpha value is -1.34. The highest BCUT2D eigenvalue weighted by molar-refractivity contribution is 5.78. The molecule has 8 heteroatoms. The quantitative estimate of drug-likeness (QED) is 0.320. The monoisotopic (exact) mass is 243 g/mol. The van der Waals surface area contributed by atoms with Gasteiger partial charge in [0, 0.05) is 4.91 Å². The van der Waals surface area contributed by atoms with Crippen LogP contribution in [0, 0.1) is 0 Å². The first-order chi connectivity index (χ1) is 7.94. The molecular formula is C9H13N3O5. The predicted octanol–water partition coefficient (Wildman–Crippen LogP) is 0.103. The van der Waals surface area contributed by atoms with Crippen LogP contribution in [0.2, 0.25) is 0 Å². The van der Waals surface area contributed by atoms with Gasteiger partial charge < -0.3 is 19.3 Å². The Labute approximate surface area is 97.1 Å². The second-order valence-electron chi connectivity index (χ2n) is 4.41. The minimum atomic E-state index is -1.44. The SMILES string of the molecule is CC1(C)OCC([C@H]2OC(=O)[C@H](O)[C@@H]2N=[N+]=[N-])O1. The highest BCUT2D eigenvalue weighted by Crippen LogP contribution is 2.31. The van der Waals surface area contributed by atoms with Crippen molar-refractivity contribution in [3.63, 3.8) is 0 Å². The first-order valence-corrected chi connectivity index (χ1v) is 5.19. The fourth-order valence-corrected chi connectivity index (χ4v) is 1.95. The van der Waals surface area contributed by atoms with E-state index in [0.29, 0.717) is 0 Å². The molecule has 4 atom stereocenters. The lowest BCUT2D eigenvalue weighted by Crippen LogP contribution is -2.39. The van der Waals surface area contributed by atoms with E-state index < -0.39 is 36.1 Å². The third kappa shape index (κ3) is 2.20. The Kier molecular flexibility index (Phi) is 2.96. The highest BCUT2D eigenvalue weighted by Gasteiger charge is 2.51. The van der Waals surface area contributed by atoms with Crippen LogP contribution in [0.3, 0.4) is 0 Å². The van der Waals surface area contributed by atoms with Gasteiger partial charge in [-0.25, -0.2) is 4.79 Å². The van der Waals surface area contributed by atoms with Crippen molar-refractivity contribution in [1.82, 2.24) is 0 Å². The number of carbonyl (C=O) groups is 1. The minimum absolute atomic E-state index is 0.217. The third-order valence-corrected chi connectivity index (χ3v) is 2.74. The van der Waals surface area contributed by atoms with Crippen LogP contribution in [-0.4, -0.2) is 47.8 Å². The normalized spacial score (nSPS) is 39.8. The number of aliphatic hydroxyl groups is 1. The second-order valence-corrected chi connectivity index (χ2v) is 4.41. The van der Waals surface area contributed by atoms with Crippen LogP contribution in [0.1, 0.15) is 13.8 Å². The molecule has 0 amide bonds. The summed E-state index contributed by atoms with van der Waals surface area (Å²) in [6.45, 7) is 3.67.